The molecule has 0 saturated carbocycles. The van der Waals surface area contributed by atoms with E-state index in [1.54, 1.807) is 0 Å². The van der Waals surface area contributed by atoms with Crippen molar-refractivity contribution in [3.63, 3.8) is 0 Å². The van der Waals surface area contributed by atoms with E-state index in [1.165, 1.54) is 0 Å². The Bertz CT molecular complexity index is 474. The zero-order valence-electron chi connectivity index (χ0n) is 8.57. The maximum absolute atomic E-state index is 6.08. The minimum Gasteiger partial charge on any atom is -0.325 e. The van der Waals surface area contributed by atoms with Crippen molar-refractivity contribution >= 4 is 11.6 Å². The first-order valence-corrected chi connectivity index (χ1v) is 5.23. The third-order valence-corrected chi connectivity index (χ3v) is 2.88. The van der Waals surface area contributed by atoms with Gasteiger partial charge < -0.3 is 10.3 Å². The van der Waals surface area contributed by atoms with E-state index in [0.29, 0.717) is 6.54 Å². The highest BCUT2D eigenvalue weighted by Crippen LogP contribution is 2.20. The van der Waals surface area contributed by atoms with Crippen LogP contribution in [-0.2, 0) is 6.54 Å². The summed E-state index contributed by atoms with van der Waals surface area (Å²) in [4.78, 5) is 0. The molecule has 1 aromatic heterocycles. The monoisotopic (exact) mass is 220 g/mol. The third kappa shape index (κ3) is 1.91. The molecule has 3 heteroatoms. The lowest BCUT2D eigenvalue weighted by Gasteiger charge is -2.09. The average molecular weight is 221 g/mol. The highest BCUT2D eigenvalue weighted by molar-refractivity contribution is 6.31. The van der Waals surface area contributed by atoms with Crippen LogP contribution in [0.25, 0.3) is 5.69 Å². The molecule has 0 radical (unpaired) electrons. The maximum Gasteiger partial charge on any atom is 0.0467 e. The number of hydrogen-bond donors (Lipinski definition) is 1. The number of halogens is 1. The number of hydrogen-bond acceptors (Lipinski definition) is 1. The van der Waals surface area contributed by atoms with Gasteiger partial charge in [-0.1, -0.05) is 17.7 Å². The summed E-state index contributed by atoms with van der Waals surface area (Å²) in [7, 11) is 0. The van der Waals surface area contributed by atoms with Gasteiger partial charge in [0.25, 0.3) is 0 Å². The summed E-state index contributed by atoms with van der Waals surface area (Å²) >= 11 is 6.08. The van der Waals surface area contributed by atoms with Crippen molar-refractivity contribution in [3.05, 3.63) is 52.8 Å². The van der Waals surface area contributed by atoms with Gasteiger partial charge in [0.2, 0.25) is 0 Å². The zero-order valence-corrected chi connectivity index (χ0v) is 9.33. The van der Waals surface area contributed by atoms with Gasteiger partial charge in [0.1, 0.15) is 0 Å². The molecule has 2 rings (SSSR count). The Morgan fingerprint density at radius 3 is 2.80 bits per heavy atom. The molecular formula is C12H13ClN2. The first-order valence-electron chi connectivity index (χ1n) is 4.85. The van der Waals surface area contributed by atoms with Crippen molar-refractivity contribution < 1.29 is 0 Å². The van der Waals surface area contributed by atoms with Crippen LogP contribution < -0.4 is 5.73 Å². The second kappa shape index (κ2) is 4.09. The smallest absolute Gasteiger partial charge is 0.0467 e. The van der Waals surface area contributed by atoms with Gasteiger partial charge in [-0.25, -0.2) is 0 Å². The Morgan fingerprint density at radius 1 is 1.33 bits per heavy atom. The van der Waals surface area contributed by atoms with Crippen LogP contribution in [0.2, 0.25) is 5.02 Å². The fourth-order valence-electron chi connectivity index (χ4n) is 1.57. The minimum absolute atomic E-state index is 0.526. The number of aromatic nitrogens is 1. The Morgan fingerprint density at radius 2 is 2.13 bits per heavy atom. The molecule has 1 heterocycles. The van der Waals surface area contributed by atoms with Crippen LogP contribution in [0.1, 0.15) is 11.3 Å². The van der Waals surface area contributed by atoms with Crippen molar-refractivity contribution in [3.8, 4) is 5.69 Å². The molecule has 2 aromatic rings. The van der Waals surface area contributed by atoms with E-state index >= 15 is 0 Å². The lowest BCUT2D eigenvalue weighted by atomic mass is 10.2. The van der Waals surface area contributed by atoms with Crippen molar-refractivity contribution in [1.29, 1.82) is 0 Å². The van der Waals surface area contributed by atoms with Crippen LogP contribution in [0, 0.1) is 6.92 Å². The fourth-order valence-corrected chi connectivity index (χ4v) is 1.74. The van der Waals surface area contributed by atoms with Gasteiger partial charge in [0.15, 0.2) is 0 Å². The average Bonchev–Trinajstić information content (AvgIpc) is 2.70. The number of benzene rings is 1. The molecule has 0 saturated heterocycles. The van der Waals surface area contributed by atoms with Gasteiger partial charge in [-0.3, -0.25) is 0 Å². The summed E-state index contributed by atoms with van der Waals surface area (Å²) < 4.78 is 2.05. The van der Waals surface area contributed by atoms with E-state index in [-0.39, 0.29) is 0 Å². The number of nitrogens with zero attached hydrogens (tertiary/aromatic N) is 1. The summed E-state index contributed by atoms with van der Waals surface area (Å²) in [5.41, 5.74) is 8.86. The molecule has 1 aromatic carbocycles. The normalized spacial score (nSPS) is 10.6. The van der Waals surface area contributed by atoms with E-state index in [2.05, 4.69) is 0 Å². The number of nitrogens with two attached hydrogens (primary N) is 1. The van der Waals surface area contributed by atoms with Crippen LogP contribution >= 0.6 is 11.6 Å². The summed E-state index contributed by atoms with van der Waals surface area (Å²) in [6.45, 7) is 2.52. The van der Waals surface area contributed by atoms with Gasteiger partial charge >= 0.3 is 0 Å². The second-order valence-corrected chi connectivity index (χ2v) is 3.91. The summed E-state index contributed by atoms with van der Waals surface area (Å²) in [5, 5.41) is 0.782. The lowest BCUT2D eigenvalue weighted by Crippen LogP contribution is -2.04. The number of aryl methyl sites for hydroxylation is 1. The Balaban J connectivity index is 2.50. The van der Waals surface area contributed by atoms with Crippen LogP contribution in [-0.4, -0.2) is 4.57 Å². The molecule has 0 bridgehead atoms. The van der Waals surface area contributed by atoms with Crippen molar-refractivity contribution in [2.24, 2.45) is 5.73 Å². The van der Waals surface area contributed by atoms with E-state index in [4.69, 9.17) is 17.3 Å². The third-order valence-electron chi connectivity index (χ3n) is 2.48. The minimum atomic E-state index is 0.526. The summed E-state index contributed by atoms with van der Waals surface area (Å²) in [6, 6.07) is 10.00. The Labute approximate surface area is 94.3 Å². The first kappa shape index (κ1) is 10.3. The highest BCUT2D eigenvalue weighted by Gasteiger charge is 2.03. The van der Waals surface area contributed by atoms with Gasteiger partial charge in [0, 0.05) is 29.1 Å². The quantitative estimate of drug-likeness (QED) is 0.829. The largest absolute Gasteiger partial charge is 0.325 e. The first-order chi connectivity index (χ1) is 7.22. The molecule has 0 aliphatic heterocycles. The van der Waals surface area contributed by atoms with Gasteiger partial charge in [-0.05, 0) is 36.8 Å². The summed E-state index contributed by atoms with van der Waals surface area (Å²) in [6.07, 6.45) is 1.99. The topological polar surface area (TPSA) is 30.9 Å². The van der Waals surface area contributed by atoms with Crippen molar-refractivity contribution in [2.45, 2.75) is 13.5 Å². The standard InChI is InChI=1S/C12H13ClN2/c1-9-4-5-10(7-12(9)13)15-6-2-3-11(15)8-14/h2-7H,8,14H2,1H3. The molecule has 0 aliphatic rings. The SMILES string of the molecule is Cc1ccc(-n2cccc2CN)cc1Cl. The summed E-state index contributed by atoms with van der Waals surface area (Å²) in [5.74, 6) is 0. The Kier molecular flexibility index (Phi) is 2.80. The molecule has 0 atom stereocenters. The molecule has 0 amide bonds. The van der Waals surface area contributed by atoms with Crippen LogP contribution in [0.3, 0.4) is 0 Å². The predicted molar refractivity (Wildman–Crippen MR) is 63.4 cm³/mol. The lowest BCUT2D eigenvalue weighted by molar-refractivity contribution is 0.911. The van der Waals surface area contributed by atoms with E-state index < -0.39 is 0 Å². The van der Waals surface area contributed by atoms with Gasteiger partial charge in [-0.15, -0.1) is 0 Å². The van der Waals surface area contributed by atoms with E-state index in [1.807, 2.05) is 48.0 Å². The van der Waals surface area contributed by atoms with Gasteiger partial charge in [-0.2, -0.15) is 0 Å². The highest BCUT2D eigenvalue weighted by atomic mass is 35.5. The molecule has 0 unspecified atom stereocenters. The molecule has 0 spiro atoms. The molecule has 0 aliphatic carbocycles. The zero-order chi connectivity index (χ0) is 10.8. The van der Waals surface area contributed by atoms with Crippen molar-refractivity contribution in [2.75, 3.05) is 0 Å². The molecule has 2 nitrogen and oxygen atoms in total. The molecule has 78 valence electrons. The fraction of sp³-hybridized carbons (Fsp3) is 0.167. The van der Waals surface area contributed by atoms with Gasteiger partial charge in [0.05, 0.1) is 0 Å². The molecule has 2 N–H and O–H groups in total. The van der Waals surface area contributed by atoms with E-state index in [9.17, 15) is 0 Å². The maximum atomic E-state index is 6.08. The molecule has 0 fully saturated rings. The number of rotatable bonds is 2. The second-order valence-electron chi connectivity index (χ2n) is 3.51. The molecular weight excluding hydrogens is 208 g/mol. The Hall–Kier alpha value is -1.25. The van der Waals surface area contributed by atoms with Crippen molar-refractivity contribution in [1.82, 2.24) is 4.57 Å². The predicted octanol–water partition coefficient (Wildman–Crippen LogP) is 2.90. The van der Waals surface area contributed by atoms with Crippen LogP contribution in [0.15, 0.2) is 36.5 Å². The van der Waals surface area contributed by atoms with Crippen LogP contribution in [0.5, 0.6) is 0 Å². The van der Waals surface area contributed by atoms with E-state index in [0.717, 1.165) is 22.0 Å². The molecule has 15 heavy (non-hydrogen) atoms. The van der Waals surface area contributed by atoms with Crippen LogP contribution in [0.4, 0.5) is 0 Å².